The number of piperidine rings is 1. The molecule has 0 aliphatic carbocycles. The molecule has 1 aliphatic rings. The van der Waals surface area contributed by atoms with Gasteiger partial charge in [-0.15, -0.1) is 0 Å². The average Bonchev–Trinajstić information content (AvgIpc) is 2.46. The van der Waals surface area contributed by atoms with Gasteiger partial charge in [-0.3, -0.25) is 9.78 Å². The first-order valence-corrected chi connectivity index (χ1v) is 6.44. The number of carbonyl (C=O) groups is 1. The van der Waals surface area contributed by atoms with Crippen LogP contribution < -0.4 is 16.6 Å². The summed E-state index contributed by atoms with van der Waals surface area (Å²) in [6.07, 6.45) is 5.14. The second-order valence-electron chi connectivity index (χ2n) is 4.89. The van der Waals surface area contributed by atoms with E-state index in [0.717, 1.165) is 25.9 Å². The summed E-state index contributed by atoms with van der Waals surface area (Å²) in [5, 5.41) is 2.91. The van der Waals surface area contributed by atoms with Crippen molar-refractivity contribution in [3.63, 3.8) is 0 Å². The van der Waals surface area contributed by atoms with E-state index < -0.39 is 0 Å². The van der Waals surface area contributed by atoms with Gasteiger partial charge in [-0.05, 0) is 38.9 Å². The molecule has 0 unspecified atom stereocenters. The van der Waals surface area contributed by atoms with Crippen LogP contribution in [-0.2, 0) is 0 Å². The molecule has 0 atom stereocenters. The van der Waals surface area contributed by atoms with Crippen LogP contribution in [0.25, 0.3) is 0 Å². The van der Waals surface area contributed by atoms with E-state index in [1.54, 1.807) is 0 Å². The number of amides is 1. The van der Waals surface area contributed by atoms with Crippen molar-refractivity contribution in [2.75, 3.05) is 32.1 Å². The minimum absolute atomic E-state index is 0.205. The Morgan fingerprint density at radius 3 is 2.89 bits per heavy atom. The summed E-state index contributed by atoms with van der Waals surface area (Å²) in [5.41, 5.74) is 2.65. The van der Waals surface area contributed by atoms with Crippen molar-refractivity contribution in [2.24, 2.45) is 11.8 Å². The summed E-state index contributed by atoms with van der Waals surface area (Å²) in [5.74, 6) is 5.96. The maximum absolute atomic E-state index is 11.9. The van der Waals surface area contributed by atoms with E-state index in [1.807, 2.05) is 0 Å². The highest BCUT2D eigenvalue weighted by Gasteiger charge is 2.18. The standard InChI is InChI=1S/C12H20N6O/c1-18-4-2-9(3-5-18)6-15-12(19)10-7-14-8-11(16-10)17-13/h7-9H,2-6,13H2,1H3,(H,15,19)(H,16,17). The molecule has 0 spiro atoms. The molecule has 1 amide bonds. The smallest absolute Gasteiger partial charge is 0.271 e. The van der Waals surface area contributed by atoms with Crippen LogP contribution in [0.4, 0.5) is 5.82 Å². The molecule has 19 heavy (non-hydrogen) atoms. The average molecular weight is 264 g/mol. The second-order valence-corrected chi connectivity index (χ2v) is 4.89. The zero-order valence-corrected chi connectivity index (χ0v) is 11.1. The van der Waals surface area contributed by atoms with Gasteiger partial charge in [-0.25, -0.2) is 10.8 Å². The van der Waals surface area contributed by atoms with Crippen LogP contribution in [0.3, 0.4) is 0 Å². The third kappa shape index (κ3) is 3.87. The molecular formula is C12H20N6O. The molecular weight excluding hydrogens is 244 g/mol. The fraction of sp³-hybridized carbons (Fsp3) is 0.583. The Balaban J connectivity index is 1.83. The lowest BCUT2D eigenvalue weighted by Crippen LogP contribution is -2.37. The van der Waals surface area contributed by atoms with Gasteiger partial charge in [0.2, 0.25) is 0 Å². The molecule has 0 saturated carbocycles. The number of nitrogen functional groups attached to an aromatic ring is 1. The maximum atomic E-state index is 11.9. The highest BCUT2D eigenvalue weighted by molar-refractivity contribution is 5.92. The molecule has 1 aliphatic heterocycles. The Labute approximate surface area is 112 Å². The summed E-state index contributed by atoms with van der Waals surface area (Å²) in [4.78, 5) is 22.2. The molecule has 0 bridgehead atoms. The zero-order chi connectivity index (χ0) is 13.7. The van der Waals surface area contributed by atoms with Crippen molar-refractivity contribution in [2.45, 2.75) is 12.8 Å². The van der Waals surface area contributed by atoms with Crippen molar-refractivity contribution in [1.29, 1.82) is 0 Å². The minimum atomic E-state index is -0.205. The molecule has 1 aromatic rings. The lowest BCUT2D eigenvalue weighted by atomic mass is 9.97. The first kappa shape index (κ1) is 13.7. The van der Waals surface area contributed by atoms with Gasteiger partial charge < -0.3 is 15.6 Å². The summed E-state index contributed by atoms with van der Waals surface area (Å²) in [6.45, 7) is 2.87. The number of carbonyl (C=O) groups excluding carboxylic acids is 1. The topological polar surface area (TPSA) is 96.2 Å². The van der Waals surface area contributed by atoms with E-state index in [2.05, 4.69) is 32.7 Å². The number of anilines is 1. The summed E-state index contributed by atoms with van der Waals surface area (Å²) < 4.78 is 0. The van der Waals surface area contributed by atoms with Crippen molar-refractivity contribution < 1.29 is 4.79 Å². The van der Waals surface area contributed by atoms with Crippen LogP contribution >= 0.6 is 0 Å². The zero-order valence-electron chi connectivity index (χ0n) is 11.1. The van der Waals surface area contributed by atoms with Crippen LogP contribution in [0.15, 0.2) is 12.4 Å². The molecule has 1 aromatic heterocycles. The van der Waals surface area contributed by atoms with Gasteiger partial charge in [0, 0.05) is 6.54 Å². The minimum Gasteiger partial charge on any atom is -0.350 e. The fourth-order valence-corrected chi connectivity index (χ4v) is 2.14. The maximum Gasteiger partial charge on any atom is 0.271 e. The van der Waals surface area contributed by atoms with Gasteiger partial charge in [-0.1, -0.05) is 0 Å². The Kier molecular flexibility index (Phi) is 4.64. The van der Waals surface area contributed by atoms with Gasteiger partial charge in [0.1, 0.15) is 5.69 Å². The number of nitrogens with one attached hydrogen (secondary N) is 2. The Bertz CT molecular complexity index is 430. The van der Waals surface area contributed by atoms with E-state index in [-0.39, 0.29) is 11.6 Å². The molecule has 1 saturated heterocycles. The van der Waals surface area contributed by atoms with E-state index >= 15 is 0 Å². The molecule has 104 valence electrons. The number of aromatic nitrogens is 2. The summed E-state index contributed by atoms with van der Waals surface area (Å²) in [6, 6.07) is 0. The molecule has 2 heterocycles. The fourth-order valence-electron chi connectivity index (χ4n) is 2.14. The van der Waals surface area contributed by atoms with E-state index in [4.69, 9.17) is 5.84 Å². The Morgan fingerprint density at radius 2 is 2.21 bits per heavy atom. The lowest BCUT2D eigenvalue weighted by Gasteiger charge is -2.28. The number of hydrazine groups is 1. The number of hydrogen-bond acceptors (Lipinski definition) is 6. The highest BCUT2D eigenvalue weighted by atomic mass is 16.1. The van der Waals surface area contributed by atoms with Gasteiger partial charge in [0.05, 0.1) is 12.4 Å². The SMILES string of the molecule is CN1CCC(CNC(=O)c2cncc(NN)n2)CC1. The Morgan fingerprint density at radius 1 is 1.47 bits per heavy atom. The third-order valence-electron chi connectivity index (χ3n) is 3.40. The predicted octanol–water partition coefficient (Wildman–Crippen LogP) is -0.166. The third-order valence-corrected chi connectivity index (χ3v) is 3.40. The molecule has 7 nitrogen and oxygen atoms in total. The van der Waals surface area contributed by atoms with Crippen LogP contribution in [-0.4, -0.2) is 47.5 Å². The molecule has 4 N–H and O–H groups in total. The monoisotopic (exact) mass is 264 g/mol. The van der Waals surface area contributed by atoms with Crippen LogP contribution in [0.2, 0.25) is 0 Å². The van der Waals surface area contributed by atoms with Gasteiger partial charge >= 0.3 is 0 Å². The van der Waals surface area contributed by atoms with Crippen LogP contribution in [0, 0.1) is 5.92 Å². The number of nitrogens with two attached hydrogens (primary N) is 1. The summed E-state index contributed by atoms with van der Waals surface area (Å²) >= 11 is 0. The number of nitrogens with zero attached hydrogens (tertiary/aromatic N) is 3. The molecule has 0 radical (unpaired) electrons. The van der Waals surface area contributed by atoms with E-state index in [1.165, 1.54) is 12.4 Å². The van der Waals surface area contributed by atoms with Crippen LogP contribution in [0.5, 0.6) is 0 Å². The first-order chi connectivity index (χ1) is 9.19. The number of likely N-dealkylation sites (tertiary alicyclic amines) is 1. The van der Waals surface area contributed by atoms with E-state index in [0.29, 0.717) is 18.3 Å². The predicted molar refractivity (Wildman–Crippen MR) is 72.4 cm³/mol. The normalized spacial score (nSPS) is 17.2. The Hall–Kier alpha value is -1.73. The molecule has 1 fully saturated rings. The lowest BCUT2D eigenvalue weighted by molar-refractivity contribution is 0.0934. The molecule has 7 heteroatoms. The van der Waals surface area contributed by atoms with Gasteiger partial charge in [-0.2, -0.15) is 0 Å². The van der Waals surface area contributed by atoms with Gasteiger partial charge in [0.15, 0.2) is 5.82 Å². The quantitative estimate of drug-likeness (QED) is 0.516. The number of hydrogen-bond donors (Lipinski definition) is 3. The summed E-state index contributed by atoms with van der Waals surface area (Å²) in [7, 11) is 2.12. The molecule has 2 rings (SSSR count). The van der Waals surface area contributed by atoms with Gasteiger partial charge in [0.25, 0.3) is 5.91 Å². The number of rotatable bonds is 4. The van der Waals surface area contributed by atoms with Crippen LogP contribution in [0.1, 0.15) is 23.3 Å². The van der Waals surface area contributed by atoms with Crippen molar-refractivity contribution in [3.8, 4) is 0 Å². The van der Waals surface area contributed by atoms with Crippen molar-refractivity contribution in [1.82, 2.24) is 20.2 Å². The van der Waals surface area contributed by atoms with Crippen molar-refractivity contribution in [3.05, 3.63) is 18.1 Å². The highest BCUT2D eigenvalue weighted by Crippen LogP contribution is 2.14. The largest absolute Gasteiger partial charge is 0.350 e. The second kappa shape index (κ2) is 6.44. The van der Waals surface area contributed by atoms with Crippen molar-refractivity contribution >= 4 is 11.7 Å². The molecule has 0 aromatic carbocycles. The van der Waals surface area contributed by atoms with E-state index in [9.17, 15) is 4.79 Å². The first-order valence-electron chi connectivity index (χ1n) is 6.44.